The third-order valence-corrected chi connectivity index (χ3v) is 2.73. The van der Waals surface area contributed by atoms with E-state index in [1.165, 1.54) is 12.8 Å². The van der Waals surface area contributed by atoms with Crippen LogP contribution >= 0.6 is 0 Å². The van der Waals surface area contributed by atoms with Gasteiger partial charge in [0.2, 0.25) is 0 Å². The first-order valence-electron chi connectivity index (χ1n) is 5.81. The van der Waals surface area contributed by atoms with Crippen molar-refractivity contribution in [1.29, 1.82) is 0 Å². The lowest BCUT2D eigenvalue weighted by atomic mass is 10.4. The molecule has 0 atom stereocenters. The molecular weight excluding hydrogens is 214 g/mol. The first-order valence-corrected chi connectivity index (χ1v) is 5.81. The highest BCUT2D eigenvalue weighted by Crippen LogP contribution is 2.18. The Morgan fingerprint density at radius 1 is 1.35 bits per heavy atom. The quantitative estimate of drug-likeness (QED) is 0.587. The van der Waals surface area contributed by atoms with Gasteiger partial charge in [0.15, 0.2) is 5.82 Å². The van der Waals surface area contributed by atoms with Crippen LogP contribution in [-0.4, -0.2) is 29.8 Å². The summed E-state index contributed by atoms with van der Waals surface area (Å²) < 4.78 is 0. The van der Waals surface area contributed by atoms with Gasteiger partial charge < -0.3 is 4.90 Å². The highest BCUT2D eigenvalue weighted by molar-refractivity contribution is 5.46. The van der Waals surface area contributed by atoms with Crippen LogP contribution in [0.2, 0.25) is 0 Å². The minimum Gasteiger partial charge on any atom is -0.355 e. The van der Waals surface area contributed by atoms with Crippen molar-refractivity contribution < 1.29 is 0 Å². The van der Waals surface area contributed by atoms with Gasteiger partial charge in [-0.1, -0.05) is 6.08 Å². The summed E-state index contributed by atoms with van der Waals surface area (Å²) in [6.07, 6.45) is 9.67. The Bertz CT molecular complexity index is 392. The zero-order chi connectivity index (χ0) is 12.1. The van der Waals surface area contributed by atoms with Crippen molar-refractivity contribution in [2.24, 2.45) is 5.10 Å². The van der Waals surface area contributed by atoms with Crippen molar-refractivity contribution in [3.63, 3.8) is 0 Å². The lowest BCUT2D eigenvalue weighted by molar-refractivity contribution is 0.917. The third kappa shape index (κ3) is 2.61. The van der Waals surface area contributed by atoms with Gasteiger partial charge in [-0.15, -0.1) is 0 Å². The maximum absolute atomic E-state index is 4.41. The molecule has 0 spiro atoms. The molecule has 2 rings (SSSR count). The summed E-state index contributed by atoms with van der Waals surface area (Å²) >= 11 is 0. The fourth-order valence-corrected chi connectivity index (χ4v) is 1.88. The Morgan fingerprint density at radius 3 is 2.65 bits per heavy atom. The molecule has 0 unspecified atom stereocenters. The van der Waals surface area contributed by atoms with E-state index >= 15 is 0 Å². The van der Waals surface area contributed by atoms with E-state index in [-0.39, 0.29) is 0 Å². The van der Waals surface area contributed by atoms with Crippen molar-refractivity contribution in [3.05, 3.63) is 24.7 Å². The van der Waals surface area contributed by atoms with E-state index in [2.05, 4.69) is 26.7 Å². The summed E-state index contributed by atoms with van der Waals surface area (Å²) in [6.45, 7) is 7.57. The van der Waals surface area contributed by atoms with Crippen LogP contribution in [0.5, 0.6) is 0 Å². The molecule has 1 fully saturated rings. The molecule has 1 aromatic heterocycles. The highest BCUT2D eigenvalue weighted by Gasteiger charge is 2.14. The molecule has 1 aliphatic heterocycles. The van der Waals surface area contributed by atoms with E-state index in [4.69, 9.17) is 0 Å². The minimum absolute atomic E-state index is 0.682. The second-order valence-electron chi connectivity index (χ2n) is 3.90. The Kier molecular flexibility index (Phi) is 3.69. The summed E-state index contributed by atoms with van der Waals surface area (Å²) in [4.78, 5) is 11.0. The molecule has 2 heterocycles. The molecule has 0 amide bonds. The SMILES string of the molecule is C=NN(/C=C\C)c1cnc(N2CCCC2)cn1. The number of nitrogens with zero attached hydrogens (tertiary/aromatic N) is 5. The van der Waals surface area contributed by atoms with Gasteiger partial charge in [-0.25, -0.2) is 15.0 Å². The van der Waals surface area contributed by atoms with Crippen molar-refractivity contribution in [2.45, 2.75) is 19.8 Å². The second-order valence-corrected chi connectivity index (χ2v) is 3.90. The van der Waals surface area contributed by atoms with Crippen molar-refractivity contribution in [1.82, 2.24) is 9.97 Å². The summed E-state index contributed by atoms with van der Waals surface area (Å²) in [5.74, 6) is 1.62. The predicted molar refractivity (Wildman–Crippen MR) is 70.3 cm³/mol. The summed E-state index contributed by atoms with van der Waals surface area (Å²) in [5.41, 5.74) is 0. The summed E-state index contributed by atoms with van der Waals surface area (Å²) in [6, 6.07) is 0. The number of aromatic nitrogens is 2. The van der Waals surface area contributed by atoms with Crippen molar-refractivity contribution in [3.8, 4) is 0 Å². The van der Waals surface area contributed by atoms with Gasteiger partial charge in [-0.05, 0) is 19.8 Å². The Hall–Kier alpha value is -1.91. The van der Waals surface area contributed by atoms with Crippen LogP contribution in [0.25, 0.3) is 0 Å². The van der Waals surface area contributed by atoms with E-state index in [1.807, 2.05) is 13.0 Å². The number of allylic oxidation sites excluding steroid dienone is 1. The number of hydrogen-bond acceptors (Lipinski definition) is 5. The van der Waals surface area contributed by atoms with Crippen LogP contribution < -0.4 is 9.91 Å². The van der Waals surface area contributed by atoms with Crippen LogP contribution in [0, 0.1) is 0 Å². The van der Waals surface area contributed by atoms with Crippen molar-refractivity contribution in [2.75, 3.05) is 23.0 Å². The maximum Gasteiger partial charge on any atom is 0.171 e. The molecule has 0 aromatic carbocycles. The molecule has 1 saturated heterocycles. The summed E-state index contributed by atoms with van der Waals surface area (Å²) in [7, 11) is 0. The molecule has 5 heteroatoms. The van der Waals surface area contributed by atoms with E-state index in [9.17, 15) is 0 Å². The fourth-order valence-electron chi connectivity index (χ4n) is 1.88. The zero-order valence-corrected chi connectivity index (χ0v) is 10.1. The third-order valence-electron chi connectivity index (χ3n) is 2.73. The molecule has 1 aromatic rings. The Labute approximate surface area is 101 Å². The van der Waals surface area contributed by atoms with Crippen LogP contribution in [-0.2, 0) is 0 Å². The standard InChI is InChI=1S/C12H17N5/c1-3-6-17(13-2)12-10-14-11(9-15-12)16-7-4-5-8-16/h3,6,9-10H,2,4-5,7-8H2,1H3/b6-3-. The minimum atomic E-state index is 0.682. The average molecular weight is 231 g/mol. The smallest absolute Gasteiger partial charge is 0.171 e. The molecule has 0 aliphatic carbocycles. The van der Waals surface area contributed by atoms with E-state index in [1.54, 1.807) is 23.6 Å². The molecule has 0 radical (unpaired) electrons. The molecule has 0 N–H and O–H groups in total. The molecule has 0 saturated carbocycles. The molecule has 5 nitrogen and oxygen atoms in total. The predicted octanol–water partition coefficient (Wildman–Crippen LogP) is 2.03. The normalized spacial score (nSPS) is 15.5. The molecule has 17 heavy (non-hydrogen) atoms. The van der Waals surface area contributed by atoms with E-state index in [0.29, 0.717) is 5.82 Å². The number of anilines is 2. The van der Waals surface area contributed by atoms with Crippen LogP contribution in [0.4, 0.5) is 11.6 Å². The number of hydrogen-bond donors (Lipinski definition) is 0. The van der Waals surface area contributed by atoms with Gasteiger partial charge >= 0.3 is 0 Å². The van der Waals surface area contributed by atoms with Gasteiger partial charge in [0.25, 0.3) is 0 Å². The lowest BCUT2D eigenvalue weighted by Crippen LogP contribution is -2.19. The molecule has 0 bridgehead atoms. The Balaban J connectivity index is 2.13. The van der Waals surface area contributed by atoms with Crippen LogP contribution in [0.15, 0.2) is 29.8 Å². The molecule has 90 valence electrons. The monoisotopic (exact) mass is 231 g/mol. The largest absolute Gasteiger partial charge is 0.355 e. The molecular formula is C12H17N5. The molecule has 1 aliphatic rings. The van der Waals surface area contributed by atoms with Gasteiger partial charge in [0, 0.05) is 26.0 Å². The van der Waals surface area contributed by atoms with E-state index < -0.39 is 0 Å². The lowest BCUT2D eigenvalue weighted by Gasteiger charge is -2.17. The average Bonchev–Trinajstić information content (AvgIpc) is 2.90. The van der Waals surface area contributed by atoms with Gasteiger partial charge in [0.1, 0.15) is 5.82 Å². The van der Waals surface area contributed by atoms with E-state index in [0.717, 1.165) is 18.9 Å². The topological polar surface area (TPSA) is 44.6 Å². The Morgan fingerprint density at radius 2 is 2.12 bits per heavy atom. The van der Waals surface area contributed by atoms with Gasteiger partial charge in [0.05, 0.1) is 12.4 Å². The summed E-state index contributed by atoms with van der Waals surface area (Å²) in [5, 5.41) is 5.45. The van der Waals surface area contributed by atoms with Gasteiger partial charge in [-0.3, -0.25) is 0 Å². The van der Waals surface area contributed by atoms with Crippen LogP contribution in [0.3, 0.4) is 0 Å². The fraction of sp³-hybridized carbons (Fsp3) is 0.417. The first kappa shape index (κ1) is 11.6. The number of rotatable bonds is 4. The van der Waals surface area contributed by atoms with Crippen LogP contribution in [0.1, 0.15) is 19.8 Å². The second kappa shape index (κ2) is 5.43. The first-order chi connectivity index (χ1) is 8.35. The highest BCUT2D eigenvalue weighted by atomic mass is 15.5. The van der Waals surface area contributed by atoms with Gasteiger partial charge in [-0.2, -0.15) is 5.10 Å². The maximum atomic E-state index is 4.41. The van der Waals surface area contributed by atoms with Crippen molar-refractivity contribution >= 4 is 18.4 Å². The number of hydrazone groups is 1. The zero-order valence-electron chi connectivity index (χ0n) is 10.1.